The lowest BCUT2D eigenvalue weighted by Crippen LogP contribution is -2.05. The molecule has 0 fully saturated rings. The second kappa shape index (κ2) is 9.26. The largest absolute Gasteiger partial charge is 0.462 e. The van der Waals surface area contributed by atoms with Gasteiger partial charge in [-0.2, -0.15) is 0 Å². The fourth-order valence-electron chi connectivity index (χ4n) is 0.722. The van der Waals surface area contributed by atoms with Crippen molar-refractivity contribution < 1.29 is 14.3 Å². The number of carbonyl (C=O) groups excluding carboxylic acids is 1. The van der Waals surface area contributed by atoms with Gasteiger partial charge in [0.2, 0.25) is 0 Å². The van der Waals surface area contributed by atoms with Crippen LogP contribution in [0.2, 0.25) is 0 Å². The first-order valence-electron chi connectivity index (χ1n) is 4.47. The molecule has 0 saturated carbocycles. The molecule has 0 rings (SSSR count). The second-order valence-corrected chi connectivity index (χ2v) is 2.49. The molecule has 0 aliphatic heterocycles. The van der Waals surface area contributed by atoms with Crippen LogP contribution < -0.4 is 0 Å². The zero-order chi connectivity index (χ0) is 9.94. The highest BCUT2D eigenvalue weighted by Crippen LogP contribution is 1.88. The van der Waals surface area contributed by atoms with Crippen molar-refractivity contribution in [2.75, 3.05) is 19.8 Å². The first-order valence-corrected chi connectivity index (χ1v) is 4.47. The third-order valence-corrected chi connectivity index (χ3v) is 1.27. The third kappa shape index (κ3) is 9.08. The Labute approximate surface area is 79.7 Å². The van der Waals surface area contributed by atoms with Crippen LogP contribution in [0.25, 0.3) is 0 Å². The standard InChI is InChI=1S/C10H17O3/c1-3-6-10(11)13-9-5-8-12-7-4-2/h3,6H,2,4-5,7-9H2,1H3. The molecule has 3 heteroatoms. The molecular weight excluding hydrogens is 168 g/mol. The molecule has 0 aliphatic rings. The number of rotatable bonds is 7. The number of carbonyl (C=O) groups is 1. The summed E-state index contributed by atoms with van der Waals surface area (Å²) in [5, 5.41) is 0. The van der Waals surface area contributed by atoms with E-state index in [1.807, 2.05) is 0 Å². The van der Waals surface area contributed by atoms with Crippen molar-refractivity contribution in [2.45, 2.75) is 19.8 Å². The Hall–Kier alpha value is -0.830. The minimum atomic E-state index is -0.292. The molecule has 0 spiro atoms. The molecular formula is C10H17O3. The highest BCUT2D eigenvalue weighted by Gasteiger charge is 1.94. The van der Waals surface area contributed by atoms with E-state index < -0.39 is 0 Å². The van der Waals surface area contributed by atoms with E-state index in [-0.39, 0.29) is 5.97 Å². The summed E-state index contributed by atoms with van der Waals surface area (Å²) >= 11 is 0. The van der Waals surface area contributed by atoms with Gasteiger partial charge in [-0.05, 0) is 13.3 Å². The summed E-state index contributed by atoms with van der Waals surface area (Å²) in [6.07, 6.45) is 4.57. The van der Waals surface area contributed by atoms with E-state index >= 15 is 0 Å². The smallest absolute Gasteiger partial charge is 0.330 e. The van der Waals surface area contributed by atoms with Gasteiger partial charge in [0.15, 0.2) is 0 Å². The summed E-state index contributed by atoms with van der Waals surface area (Å²) in [6, 6.07) is 0. The van der Waals surface area contributed by atoms with E-state index in [1.54, 1.807) is 13.0 Å². The normalized spacial score (nSPS) is 10.6. The predicted octanol–water partition coefficient (Wildman–Crippen LogP) is 1.74. The van der Waals surface area contributed by atoms with E-state index in [9.17, 15) is 4.79 Å². The molecule has 0 aliphatic carbocycles. The van der Waals surface area contributed by atoms with Crippen LogP contribution in [0, 0.1) is 6.92 Å². The summed E-state index contributed by atoms with van der Waals surface area (Å²) in [6.45, 7) is 7.12. The molecule has 0 unspecified atom stereocenters. The van der Waals surface area contributed by atoms with Crippen LogP contribution in [0.15, 0.2) is 12.2 Å². The minimum absolute atomic E-state index is 0.292. The summed E-state index contributed by atoms with van der Waals surface area (Å²) in [4.78, 5) is 10.8. The third-order valence-electron chi connectivity index (χ3n) is 1.27. The molecule has 0 amide bonds. The van der Waals surface area contributed by atoms with E-state index in [4.69, 9.17) is 9.47 Å². The molecule has 0 atom stereocenters. The number of allylic oxidation sites excluding steroid dienone is 1. The maximum Gasteiger partial charge on any atom is 0.330 e. The number of hydrogen-bond donors (Lipinski definition) is 0. The van der Waals surface area contributed by atoms with Gasteiger partial charge in [0.05, 0.1) is 6.61 Å². The molecule has 0 saturated heterocycles. The topological polar surface area (TPSA) is 35.5 Å². The van der Waals surface area contributed by atoms with Gasteiger partial charge in [0.25, 0.3) is 0 Å². The monoisotopic (exact) mass is 185 g/mol. The molecule has 0 N–H and O–H groups in total. The average molecular weight is 185 g/mol. The van der Waals surface area contributed by atoms with Crippen LogP contribution >= 0.6 is 0 Å². The number of esters is 1. The molecule has 0 aromatic rings. The fraction of sp³-hybridized carbons (Fsp3) is 0.600. The Kier molecular flexibility index (Phi) is 8.67. The molecule has 0 aromatic heterocycles. The quantitative estimate of drug-likeness (QED) is 0.344. The number of hydrogen-bond acceptors (Lipinski definition) is 3. The molecule has 13 heavy (non-hydrogen) atoms. The average Bonchev–Trinajstić information content (AvgIpc) is 2.11. The summed E-state index contributed by atoms with van der Waals surface area (Å²) in [5.41, 5.74) is 0. The zero-order valence-electron chi connectivity index (χ0n) is 8.12. The molecule has 75 valence electrons. The van der Waals surface area contributed by atoms with Gasteiger partial charge in [-0.1, -0.05) is 13.0 Å². The lowest BCUT2D eigenvalue weighted by atomic mass is 10.4. The SMILES string of the molecule is [CH2]CCOCCCOC(=O)C=CC. The second-order valence-electron chi connectivity index (χ2n) is 2.49. The predicted molar refractivity (Wildman–Crippen MR) is 51.2 cm³/mol. The lowest BCUT2D eigenvalue weighted by molar-refractivity contribution is -0.138. The first-order chi connectivity index (χ1) is 6.31. The summed E-state index contributed by atoms with van der Waals surface area (Å²) in [5.74, 6) is -0.292. The Bertz CT molecular complexity index is 152. The van der Waals surface area contributed by atoms with E-state index in [2.05, 4.69) is 6.92 Å². The van der Waals surface area contributed by atoms with E-state index in [0.29, 0.717) is 19.8 Å². The van der Waals surface area contributed by atoms with Gasteiger partial charge in [-0.15, -0.1) is 0 Å². The fourth-order valence-corrected chi connectivity index (χ4v) is 0.722. The molecule has 0 bridgehead atoms. The lowest BCUT2D eigenvalue weighted by Gasteiger charge is -2.02. The van der Waals surface area contributed by atoms with Gasteiger partial charge >= 0.3 is 5.97 Å². The van der Waals surface area contributed by atoms with Gasteiger partial charge in [-0.25, -0.2) is 4.79 Å². The van der Waals surface area contributed by atoms with Crippen molar-refractivity contribution in [1.82, 2.24) is 0 Å². The Morgan fingerprint density at radius 3 is 2.77 bits per heavy atom. The minimum Gasteiger partial charge on any atom is -0.462 e. The van der Waals surface area contributed by atoms with Gasteiger partial charge in [0, 0.05) is 25.7 Å². The van der Waals surface area contributed by atoms with Crippen molar-refractivity contribution in [3.63, 3.8) is 0 Å². The van der Waals surface area contributed by atoms with Crippen molar-refractivity contribution in [1.29, 1.82) is 0 Å². The highest BCUT2D eigenvalue weighted by molar-refractivity contribution is 5.81. The Morgan fingerprint density at radius 2 is 2.15 bits per heavy atom. The van der Waals surface area contributed by atoms with Crippen LogP contribution in [-0.4, -0.2) is 25.8 Å². The Morgan fingerprint density at radius 1 is 1.38 bits per heavy atom. The number of ether oxygens (including phenoxy) is 2. The van der Waals surface area contributed by atoms with Crippen molar-refractivity contribution in [3.8, 4) is 0 Å². The summed E-state index contributed by atoms with van der Waals surface area (Å²) in [7, 11) is 0. The molecule has 0 heterocycles. The van der Waals surface area contributed by atoms with Crippen molar-refractivity contribution >= 4 is 5.97 Å². The zero-order valence-corrected chi connectivity index (χ0v) is 8.12. The molecule has 0 aromatic carbocycles. The first kappa shape index (κ1) is 12.2. The molecule has 3 nitrogen and oxygen atoms in total. The molecule has 1 radical (unpaired) electrons. The van der Waals surface area contributed by atoms with Crippen molar-refractivity contribution in [2.24, 2.45) is 0 Å². The van der Waals surface area contributed by atoms with Gasteiger partial charge < -0.3 is 9.47 Å². The summed E-state index contributed by atoms with van der Waals surface area (Å²) < 4.78 is 9.99. The maximum atomic E-state index is 10.8. The van der Waals surface area contributed by atoms with Crippen LogP contribution in [-0.2, 0) is 14.3 Å². The van der Waals surface area contributed by atoms with Crippen LogP contribution in [0.1, 0.15) is 19.8 Å². The highest BCUT2D eigenvalue weighted by atomic mass is 16.5. The van der Waals surface area contributed by atoms with E-state index in [1.165, 1.54) is 6.08 Å². The van der Waals surface area contributed by atoms with Crippen LogP contribution in [0.5, 0.6) is 0 Å². The van der Waals surface area contributed by atoms with Crippen LogP contribution in [0.3, 0.4) is 0 Å². The van der Waals surface area contributed by atoms with E-state index in [0.717, 1.165) is 12.8 Å². The Balaban J connectivity index is 3.11. The van der Waals surface area contributed by atoms with Crippen molar-refractivity contribution in [3.05, 3.63) is 19.1 Å². The van der Waals surface area contributed by atoms with Gasteiger partial charge in [0.1, 0.15) is 0 Å². The van der Waals surface area contributed by atoms with Gasteiger partial charge in [-0.3, -0.25) is 0 Å². The maximum absolute atomic E-state index is 10.8. The van der Waals surface area contributed by atoms with Crippen LogP contribution in [0.4, 0.5) is 0 Å².